The van der Waals surface area contributed by atoms with Crippen LogP contribution in [0.2, 0.25) is 0 Å². The molecule has 1 aliphatic rings. The maximum Gasteiger partial charge on any atom is 0.157 e. The lowest BCUT2D eigenvalue weighted by molar-refractivity contribution is -0.231. The van der Waals surface area contributed by atoms with Gasteiger partial charge in [0.25, 0.3) is 0 Å². The normalized spacial score (nSPS) is 45.8. The van der Waals surface area contributed by atoms with Gasteiger partial charge in [0.2, 0.25) is 0 Å². The van der Waals surface area contributed by atoms with Crippen LogP contribution in [-0.4, -0.2) is 41.9 Å². The molecule has 1 heterocycles. The molecule has 0 aromatic heterocycles. The first-order valence-corrected chi connectivity index (χ1v) is 3.69. The molecular formula is C7H14O4. The SMILES string of the molecule is CO[C@H]1CC(O)O[C@H](C)[C@H]1O. The fourth-order valence-electron chi connectivity index (χ4n) is 1.26. The van der Waals surface area contributed by atoms with Crippen LogP contribution >= 0.6 is 0 Å². The summed E-state index contributed by atoms with van der Waals surface area (Å²) in [6, 6.07) is 0. The molecule has 1 rings (SSSR count). The van der Waals surface area contributed by atoms with Gasteiger partial charge < -0.3 is 19.7 Å². The molecule has 66 valence electrons. The first-order chi connectivity index (χ1) is 5.15. The summed E-state index contributed by atoms with van der Waals surface area (Å²) in [4.78, 5) is 0. The Kier molecular flexibility index (Phi) is 2.84. The van der Waals surface area contributed by atoms with E-state index >= 15 is 0 Å². The minimum atomic E-state index is -0.807. The molecule has 0 saturated carbocycles. The molecule has 4 nitrogen and oxygen atoms in total. The summed E-state index contributed by atoms with van der Waals surface area (Å²) < 4.78 is 9.91. The van der Waals surface area contributed by atoms with E-state index in [4.69, 9.17) is 14.6 Å². The Morgan fingerprint density at radius 1 is 1.45 bits per heavy atom. The summed E-state index contributed by atoms with van der Waals surface area (Å²) in [7, 11) is 1.51. The van der Waals surface area contributed by atoms with Crippen molar-refractivity contribution in [2.75, 3.05) is 7.11 Å². The molecule has 0 bridgehead atoms. The molecule has 1 unspecified atom stereocenters. The third-order valence-corrected chi connectivity index (χ3v) is 1.97. The van der Waals surface area contributed by atoms with E-state index in [1.54, 1.807) is 6.92 Å². The standard InChI is InChI=1S/C7H14O4/c1-4-7(9)5(10-2)3-6(8)11-4/h4-9H,3H2,1-2H3/t4-,5+,6?,7-/m1/s1. The second-order valence-electron chi connectivity index (χ2n) is 2.80. The fourth-order valence-corrected chi connectivity index (χ4v) is 1.26. The molecule has 4 atom stereocenters. The molecule has 0 aromatic rings. The van der Waals surface area contributed by atoms with Crippen molar-refractivity contribution in [1.82, 2.24) is 0 Å². The van der Waals surface area contributed by atoms with E-state index in [9.17, 15) is 5.11 Å². The van der Waals surface area contributed by atoms with E-state index in [0.717, 1.165) is 0 Å². The largest absolute Gasteiger partial charge is 0.388 e. The summed E-state index contributed by atoms with van der Waals surface area (Å²) in [6.07, 6.45) is -1.78. The number of hydrogen-bond donors (Lipinski definition) is 2. The molecule has 0 aromatic carbocycles. The highest BCUT2D eigenvalue weighted by molar-refractivity contribution is 4.80. The minimum absolute atomic E-state index is 0.311. The van der Waals surface area contributed by atoms with E-state index in [2.05, 4.69) is 0 Å². The summed E-state index contributed by atoms with van der Waals surface area (Å²) >= 11 is 0. The highest BCUT2D eigenvalue weighted by atomic mass is 16.6. The van der Waals surface area contributed by atoms with Crippen molar-refractivity contribution in [1.29, 1.82) is 0 Å². The van der Waals surface area contributed by atoms with Crippen LogP contribution in [0.3, 0.4) is 0 Å². The minimum Gasteiger partial charge on any atom is -0.388 e. The van der Waals surface area contributed by atoms with E-state index in [-0.39, 0.29) is 12.2 Å². The first kappa shape index (κ1) is 8.93. The van der Waals surface area contributed by atoms with Gasteiger partial charge in [-0.15, -0.1) is 0 Å². The van der Waals surface area contributed by atoms with Crippen LogP contribution in [0, 0.1) is 0 Å². The van der Waals surface area contributed by atoms with E-state index < -0.39 is 12.4 Å². The Bertz CT molecular complexity index is 128. The molecule has 0 radical (unpaired) electrons. The molecule has 0 amide bonds. The molecule has 1 fully saturated rings. The van der Waals surface area contributed by atoms with Gasteiger partial charge in [-0.2, -0.15) is 0 Å². The number of ether oxygens (including phenoxy) is 2. The van der Waals surface area contributed by atoms with Gasteiger partial charge in [-0.3, -0.25) is 0 Å². The zero-order chi connectivity index (χ0) is 8.43. The molecule has 1 saturated heterocycles. The number of aliphatic hydroxyl groups excluding tert-OH is 2. The van der Waals surface area contributed by atoms with Gasteiger partial charge in [-0.1, -0.05) is 0 Å². The molecule has 0 spiro atoms. The summed E-state index contributed by atoms with van der Waals surface area (Å²) in [5.74, 6) is 0. The Hall–Kier alpha value is -0.160. The van der Waals surface area contributed by atoms with E-state index in [1.165, 1.54) is 7.11 Å². The summed E-state index contributed by atoms with van der Waals surface area (Å²) in [5.41, 5.74) is 0. The van der Waals surface area contributed by atoms with Crippen LogP contribution < -0.4 is 0 Å². The van der Waals surface area contributed by atoms with Gasteiger partial charge in [-0.25, -0.2) is 0 Å². The van der Waals surface area contributed by atoms with Crippen molar-refractivity contribution in [2.24, 2.45) is 0 Å². The van der Waals surface area contributed by atoms with Crippen LogP contribution in [0.4, 0.5) is 0 Å². The zero-order valence-corrected chi connectivity index (χ0v) is 6.73. The van der Waals surface area contributed by atoms with Crippen molar-refractivity contribution in [3.63, 3.8) is 0 Å². The summed E-state index contributed by atoms with van der Waals surface area (Å²) in [5, 5.41) is 18.5. The molecule has 1 aliphatic heterocycles. The van der Waals surface area contributed by atoms with Crippen molar-refractivity contribution >= 4 is 0 Å². The fraction of sp³-hybridized carbons (Fsp3) is 1.00. The lowest BCUT2D eigenvalue weighted by Gasteiger charge is -2.34. The Labute approximate surface area is 65.7 Å². The Morgan fingerprint density at radius 2 is 2.09 bits per heavy atom. The molecule has 2 N–H and O–H groups in total. The van der Waals surface area contributed by atoms with Gasteiger partial charge >= 0.3 is 0 Å². The molecule has 11 heavy (non-hydrogen) atoms. The zero-order valence-electron chi connectivity index (χ0n) is 6.73. The van der Waals surface area contributed by atoms with Gasteiger partial charge in [0.05, 0.1) is 12.2 Å². The second kappa shape index (κ2) is 3.49. The van der Waals surface area contributed by atoms with Gasteiger partial charge in [0.1, 0.15) is 6.10 Å². The Balaban J connectivity index is 2.51. The predicted molar refractivity (Wildman–Crippen MR) is 38.0 cm³/mol. The second-order valence-corrected chi connectivity index (χ2v) is 2.80. The average molecular weight is 162 g/mol. The average Bonchev–Trinajstić information content (AvgIpc) is 1.96. The van der Waals surface area contributed by atoms with Crippen LogP contribution in [0.25, 0.3) is 0 Å². The Morgan fingerprint density at radius 3 is 2.64 bits per heavy atom. The molecule has 4 heteroatoms. The van der Waals surface area contributed by atoms with Gasteiger partial charge in [0.15, 0.2) is 6.29 Å². The number of aliphatic hydroxyl groups is 2. The van der Waals surface area contributed by atoms with Crippen LogP contribution in [0.1, 0.15) is 13.3 Å². The van der Waals surface area contributed by atoms with Crippen LogP contribution in [0.15, 0.2) is 0 Å². The first-order valence-electron chi connectivity index (χ1n) is 3.69. The highest BCUT2D eigenvalue weighted by Gasteiger charge is 2.34. The quantitative estimate of drug-likeness (QED) is 0.545. The topological polar surface area (TPSA) is 58.9 Å². The van der Waals surface area contributed by atoms with Gasteiger partial charge in [0, 0.05) is 13.5 Å². The number of rotatable bonds is 1. The lowest BCUT2D eigenvalue weighted by Crippen LogP contribution is -2.47. The third kappa shape index (κ3) is 1.90. The van der Waals surface area contributed by atoms with Crippen molar-refractivity contribution in [2.45, 2.75) is 37.9 Å². The maximum atomic E-state index is 9.39. The van der Waals surface area contributed by atoms with Gasteiger partial charge in [-0.05, 0) is 6.92 Å². The van der Waals surface area contributed by atoms with Crippen molar-refractivity contribution in [3.05, 3.63) is 0 Å². The van der Waals surface area contributed by atoms with E-state index in [0.29, 0.717) is 6.42 Å². The third-order valence-electron chi connectivity index (χ3n) is 1.97. The predicted octanol–water partition coefficient (Wildman–Crippen LogP) is -0.510. The maximum absolute atomic E-state index is 9.39. The molecule has 0 aliphatic carbocycles. The van der Waals surface area contributed by atoms with Crippen molar-refractivity contribution < 1.29 is 19.7 Å². The van der Waals surface area contributed by atoms with E-state index in [1.807, 2.05) is 0 Å². The van der Waals surface area contributed by atoms with Crippen LogP contribution in [0.5, 0.6) is 0 Å². The smallest absolute Gasteiger partial charge is 0.157 e. The van der Waals surface area contributed by atoms with Crippen LogP contribution in [-0.2, 0) is 9.47 Å². The highest BCUT2D eigenvalue weighted by Crippen LogP contribution is 2.20. The number of hydrogen-bond acceptors (Lipinski definition) is 4. The lowest BCUT2D eigenvalue weighted by atomic mass is 10.0. The number of methoxy groups -OCH3 is 1. The summed E-state index contributed by atoms with van der Waals surface area (Å²) in [6.45, 7) is 1.71. The monoisotopic (exact) mass is 162 g/mol. The molecular weight excluding hydrogens is 148 g/mol. The van der Waals surface area contributed by atoms with Crippen molar-refractivity contribution in [3.8, 4) is 0 Å².